The van der Waals surface area contributed by atoms with Crippen LogP contribution in [0.15, 0.2) is 78.5 Å². The van der Waals surface area contributed by atoms with Gasteiger partial charge in [-0.05, 0) is 61.2 Å². The fourth-order valence-corrected chi connectivity index (χ4v) is 4.87. The predicted molar refractivity (Wildman–Crippen MR) is 135 cm³/mol. The first-order valence-corrected chi connectivity index (χ1v) is 11.5. The molecule has 6 heteroatoms. The summed E-state index contributed by atoms with van der Waals surface area (Å²) in [5.41, 5.74) is 4.89. The number of aromatic nitrogens is 1. The van der Waals surface area contributed by atoms with Gasteiger partial charge in [0.15, 0.2) is 0 Å². The highest BCUT2D eigenvalue weighted by Gasteiger charge is 2.46. The number of H-pyrrole nitrogens is 1. The minimum atomic E-state index is -0.813. The molecule has 1 unspecified atom stereocenters. The van der Waals surface area contributed by atoms with Gasteiger partial charge < -0.3 is 20.1 Å². The number of phenolic OH excluding ortho intramolecular Hbond substituents is 1. The van der Waals surface area contributed by atoms with Crippen LogP contribution in [0, 0.1) is 13.8 Å². The molecule has 6 nitrogen and oxygen atoms in total. The number of aliphatic hydroxyl groups excluding tert-OH is 1. The highest BCUT2D eigenvalue weighted by molar-refractivity contribution is 6.46. The summed E-state index contributed by atoms with van der Waals surface area (Å²) >= 11 is 0. The average Bonchev–Trinajstić information content (AvgIpc) is 3.37. The Morgan fingerprint density at radius 3 is 2.60 bits per heavy atom. The summed E-state index contributed by atoms with van der Waals surface area (Å²) in [6.07, 6.45) is 2.44. The van der Waals surface area contributed by atoms with Gasteiger partial charge in [0.2, 0.25) is 0 Å². The second kappa shape index (κ2) is 8.80. The van der Waals surface area contributed by atoms with E-state index in [1.165, 1.54) is 17.0 Å². The van der Waals surface area contributed by atoms with Gasteiger partial charge >= 0.3 is 0 Å². The van der Waals surface area contributed by atoms with Crippen LogP contribution in [0.25, 0.3) is 16.7 Å². The number of hydrogen-bond acceptors (Lipinski definition) is 4. The third-order valence-electron chi connectivity index (χ3n) is 6.67. The monoisotopic (exact) mass is 466 g/mol. The zero-order chi connectivity index (χ0) is 24.7. The van der Waals surface area contributed by atoms with Gasteiger partial charge in [-0.2, -0.15) is 0 Å². The first-order valence-electron chi connectivity index (χ1n) is 11.5. The number of fused-ring (bicyclic) bond motifs is 1. The molecule has 1 aliphatic rings. The second-order valence-corrected chi connectivity index (χ2v) is 9.02. The summed E-state index contributed by atoms with van der Waals surface area (Å²) in [5.74, 6) is -1.57. The van der Waals surface area contributed by atoms with Gasteiger partial charge in [-0.1, -0.05) is 48.0 Å². The van der Waals surface area contributed by atoms with Crippen molar-refractivity contribution in [3.05, 3.63) is 106 Å². The number of aryl methyl sites for hydroxylation is 2. The Labute approximate surface area is 203 Å². The van der Waals surface area contributed by atoms with Crippen molar-refractivity contribution in [2.24, 2.45) is 0 Å². The van der Waals surface area contributed by atoms with Gasteiger partial charge in [0.25, 0.3) is 11.7 Å². The van der Waals surface area contributed by atoms with Crippen LogP contribution in [0.5, 0.6) is 5.75 Å². The van der Waals surface area contributed by atoms with E-state index in [1.54, 1.807) is 12.1 Å². The van der Waals surface area contributed by atoms with E-state index in [0.29, 0.717) is 17.5 Å². The molecule has 2 heterocycles. The fraction of sp³-hybridized carbons (Fsp3) is 0.172. The third kappa shape index (κ3) is 3.97. The van der Waals surface area contributed by atoms with Gasteiger partial charge in [-0.25, -0.2) is 0 Å². The molecule has 35 heavy (non-hydrogen) atoms. The largest absolute Gasteiger partial charge is 0.508 e. The molecule has 1 fully saturated rings. The van der Waals surface area contributed by atoms with Crippen molar-refractivity contribution in [1.82, 2.24) is 9.88 Å². The number of carbonyl (C=O) groups excluding carboxylic acids is 2. The zero-order valence-electron chi connectivity index (χ0n) is 19.6. The number of aromatic amines is 1. The lowest BCUT2D eigenvalue weighted by Gasteiger charge is -2.25. The predicted octanol–water partition coefficient (Wildman–Crippen LogP) is 5.15. The van der Waals surface area contributed by atoms with Crippen molar-refractivity contribution in [3.63, 3.8) is 0 Å². The molecular weight excluding hydrogens is 440 g/mol. The fourth-order valence-electron chi connectivity index (χ4n) is 4.87. The van der Waals surface area contributed by atoms with Crippen molar-refractivity contribution >= 4 is 28.4 Å². The minimum absolute atomic E-state index is 0.0245. The summed E-state index contributed by atoms with van der Waals surface area (Å²) in [6, 6.07) is 19.2. The number of phenols is 1. The lowest BCUT2D eigenvalue weighted by Crippen LogP contribution is -2.31. The van der Waals surface area contributed by atoms with Crippen LogP contribution in [0.3, 0.4) is 0 Å². The third-order valence-corrected chi connectivity index (χ3v) is 6.67. The molecule has 1 atom stereocenters. The molecule has 0 aliphatic carbocycles. The summed E-state index contributed by atoms with van der Waals surface area (Å²) in [7, 11) is 0. The maximum atomic E-state index is 13.3. The molecule has 3 N–H and O–H groups in total. The van der Waals surface area contributed by atoms with Gasteiger partial charge in [-0.15, -0.1) is 0 Å². The van der Waals surface area contributed by atoms with Crippen LogP contribution < -0.4 is 0 Å². The van der Waals surface area contributed by atoms with Crippen molar-refractivity contribution in [1.29, 1.82) is 0 Å². The number of rotatable bonds is 5. The molecule has 176 valence electrons. The number of aromatic hydroxyl groups is 1. The molecule has 0 bridgehead atoms. The van der Waals surface area contributed by atoms with E-state index >= 15 is 0 Å². The van der Waals surface area contributed by atoms with E-state index in [2.05, 4.69) is 4.98 Å². The quantitative estimate of drug-likeness (QED) is 0.215. The summed E-state index contributed by atoms with van der Waals surface area (Å²) in [4.78, 5) is 31.3. The van der Waals surface area contributed by atoms with Gasteiger partial charge in [0, 0.05) is 29.2 Å². The number of aliphatic hydroxyl groups is 1. The number of para-hydroxylation sites is 1. The van der Waals surface area contributed by atoms with E-state index in [1.807, 2.05) is 62.5 Å². The lowest BCUT2D eigenvalue weighted by atomic mass is 9.93. The Balaban J connectivity index is 1.60. The summed E-state index contributed by atoms with van der Waals surface area (Å²) < 4.78 is 0. The van der Waals surface area contributed by atoms with Crippen molar-refractivity contribution in [2.75, 3.05) is 6.54 Å². The number of ketones is 1. The van der Waals surface area contributed by atoms with Gasteiger partial charge in [0.1, 0.15) is 11.5 Å². The van der Waals surface area contributed by atoms with E-state index < -0.39 is 17.7 Å². The first-order chi connectivity index (χ1) is 16.8. The van der Waals surface area contributed by atoms with Crippen molar-refractivity contribution < 1.29 is 19.8 Å². The Kier molecular flexibility index (Phi) is 5.65. The number of nitrogens with one attached hydrogen (secondary N) is 1. The van der Waals surface area contributed by atoms with Crippen molar-refractivity contribution in [2.45, 2.75) is 26.3 Å². The van der Waals surface area contributed by atoms with Gasteiger partial charge in [0.05, 0.1) is 11.6 Å². The minimum Gasteiger partial charge on any atom is -0.508 e. The number of Topliss-reactive ketones (excluding diaryl/α,β-unsaturated/α-hetero) is 1. The SMILES string of the molecule is Cc1ccc(C)c(/C(O)=C2\C(=O)C(=O)N(CCc3c[nH]c4ccccc34)C2c2cccc(O)c2)c1. The van der Waals surface area contributed by atoms with E-state index in [0.717, 1.165) is 27.6 Å². The number of carbonyl (C=O) groups is 2. The molecule has 5 rings (SSSR count). The summed E-state index contributed by atoms with van der Waals surface area (Å²) in [5, 5.41) is 22.5. The van der Waals surface area contributed by atoms with Crippen LogP contribution in [0.4, 0.5) is 0 Å². The maximum Gasteiger partial charge on any atom is 0.295 e. The van der Waals surface area contributed by atoms with E-state index in [4.69, 9.17) is 0 Å². The van der Waals surface area contributed by atoms with Crippen molar-refractivity contribution in [3.8, 4) is 5.75 Å². The standard InChI is InChI=1S/C29H26N2O4/c1-17-10-11-18(2)23(14-17)27(33)25-26(19-6-5-7-21(32)15-19)31(29(35)28(25)34)13-12-20-16-30-24-9-4-3-8-22(20)24/h3-11,14-16,26,30,32-33H,12-13H2,1-2H3/b27-25+. The topological polar surface area (TPSA) is 93.6 Å². The summed E-state index contributed by atoms with van der Waals surface area (Å²) in [6.45, 7) is 4.03. The van der Waals surface area contributed by atoms with Crippen LogP contribution >= 0.6 is 0 Å². The molecule has 1 amide bonds. The zero-order valence-corrected chi connectivity index (χ0v) is 19.6. The van der Waals surface area contributed by atoms with Gasteiger partial charge in [-0.3, -0.25) is 9.59 Å². The van der Waals surface area contributed by atoms with Crippen LogP contribution in [0.2, 0.25) is 0 Å². The highest BCUT2D eigenvalue weighted by Crippen LogP contribution is 2.41. The molecule has 3 aromatic carbocycles. The Hall–Kier alpha value is -4.32. The molecule has 4 aromatic rings. The molecule has 1 saturated heterocycles. The molecule has 0 saturated carbocycles. The molecule has 0 spiro atoms. The van der Waals surface area contributed by atoms with E-state index in [9.17, 15) is 19.8 Å². The Morgan fingerprint density at radius 1 is 1.00 bits per heavy atom. The molecule has 1 aliphatic heterocycles. The average molecular weight is 467 g/mol. The van der Waals surface area contributed by atoms with Crippen LogP contribution in [-0.4, -0.2) is 38.3 Å². The highest BCUT2D eigenvalue weighted by atomic mass is 16.3. The molecular formula is C29H26N2O4. The van der Waals surface area contributed by atoms with E-state index in [-0.39, 0.29) is 23.6 Å². The number of likely N-dealkylation sites (tertiary alicyclic amines) is 1. The maximum absolute atomic E-state index is 13.3. The normalized spacial score (nSPS) is 17.4. The van der Waals surface area contributed by atoms with Crippen LogP contribution in [0.1, 0.15) is 33.9 Å². The number of amides is 1. The lowest BCUT2D eigenvalue weighted by molar-refractivity contribution is -0.139. The number of nitrogens with zero attached hydrogens (tertiary/aromatic N) is 1. The first kappa shape index (κ1) is 22.5. The number of hydrogen-bond donors (Lipinski definition) is 3. The molecule has 0 radical (unpaired) electrons. The molecule has 1 aromatic heterocycles. The Morgan fingerprint density at radius 2 is 1.80 bits per heavy atom. The van der Waals surface area contributed by atoms with Crippen LogP contribution in [-0.2, 0) is 16.0 Å². The second-order valence-electron chi connectivity index (χ2n) is 9.02. The Bertz CT molecular complexity index is 1500. The smallest absolute Gasteiger partial charge is 0.295 e. The number of benzene rings is 3.